The molecule has 76 heavy (non-hydrogen) atoms. The first-order valence-electron chi connectivity index (χ1n) is 26.4. The van der Waals surface area contributed by atoms with E-state index in [1.54, 1.807) is 0 Å². The van der Waals surface area contributed by atoms with Crippen LogP contribution in [0.2, 0.25) is 0 Å². The van der Waals surface area contributed by atoms with Gasteiger partial charge in [0.25, 0.3) is 0 Å². The molecule has 0 amide bonds. The maximum atomic E-state index is 2.51. The molecular weight excluding hydrogens is 933 g/mol. The topological polar surface area (TPSA) is 9.86 Å². The van der Waals surface area contributed by atoms with Gasteiger partial charge in [0, 0.05) is 32.9 Å². The first-order chi connectivity index (χ1) is 37.7. The van der Waals surface area contributed by atoms with E-state index in [9.17, 15) is 0 Å². The second-order valence-electron chi connectivity index (χ2n) is 20.3. The fourth-order valence-electron chi connectivity index (χ4n) is 13.5. The van der Waals surface area contributed by atoms with E-state index in [1.807, 2.05) is 0 Å². The summed E-state index contributed by atoms with van der Waals surface area (Å²) in [5.41, 5.74) is 16.6. The summed E-state index contributed by atoms with van der Waals surface area (Å²) in [6.07, 6.45) is 0. The van der Waals surface area contributed by atoms with Crippen LogP contribution in [0.5, 0.6) is 0 Å². The number of para-hydroxylation sites is 2. The van der Waals surface area contributed by atoms with Gasteiger partial charge in [0.15, 0.2) is 8.07 Å². The Kier molecular flexibility index (Phi) is 10.2. The predicted octanol–water partition coefficient (Wildman–Crippen LogP) is 15.3. The standard InChI is InChI=1S/C73H50N2Si/c1-6-24-52(25-7-1)73(53-26-8-2-9-27-53)67-41-19-16-36-61(67)66-40-23-39-60(72(66)73)51-44-46-64-62-37-17-21-43-69(62)75(70(64)48-51)55-45-47-65-63-38-18-20-42-68(63)74(71(65)50-55)54-28-22-35-59(49-54)76(56-29-10-3-11-30-56,57-31-12-4-13-32-57)58-33-14-5-15-34-58/h1-50H. The molecule has 0 unspecified atom stereocenters. The van der Waals surface area contributed by atoms with Crippen LogP contribution < -0.4 is 20.7 Å². The first-order valence-corrected chi connectivity index (χ1v) is 28.4. The van der Waals surface area contributed by atoms with Gasteiger partial charge in [-0.25, -0.2) is 0 Å². The van der Waals surface area contributed by atoms with Gasteiger partial charge in [-0.3, -0.25) is 0 Å². The lowest BCUT2D eigenvalue weighted by atomic mass is 9.66. The predicted molar refractivity (Wildman–Crippen MR) is 321 cm³/mol. The Bertz CT molecular complexity index is 4360. The molecule has 2 heterocycles. The van der Waals surface area contributed by atoms with Crippen molar-refractivity contribution in [2.75, 3.05) is 0 Å². The molecule has 0 radical (unpaired) electrons. The lowest BCUT2D eigenvalue weighted by Gasteiger charge is -2.35. The smallest absolute Gasteiger partial charge is 0.179 e. The lowest BCUT2D eigenvalue weighted by Crippen LogP contribution is -2.74. The van der Waals surface area contributed by atoms with Gasteiger partial charge in [0.2, 0.25) is 0 Å². The van der Waals surface area contributed by atoms with Gasteiger partial charge < -0.3 is 9.13 Å². The number of hydrogen-bond donors (Lipinski definition) is 0. The number of aromatic nitrogens is 2. The monoisotopic (exact) mass is 982 g/mol. The molecule has 0 aliphatic heterocycles. The number of rotatable bonds is 9. The molecule has 0 saturated carbocycles. The van der Waals surface area contributed by atoms with Gasteiger partial charge in [-0.05, 0) is 108 Å². The van der Waals surface area contributed by atoms with Gasteiger partial charge in [0.05, 0.1) is 27.5 Å². The maximum Gasteiger partial charge on any atom is 0.179 e. The molecule has 0 saturated heterocycles. The highest BCUT2D eigenvalue weighted by Crippen LogP contribution is 2.59. The Balaban J connectivity index is 0.962. The van der Waals surface area contributed by atoms with Crippen LogP contribution in [0.25, 0.3) is 77.2 Å². The Morgan fingerprint density at radius 3 is 1.28 bits per heavy atom. The summed E-state index contributed by atoms with van der Waals surface area (Å²) in [5.74, 6) is 0. The van der Waals surface area contributed by atoms with Crippen LogP contribution in [-0.2, 0) is 5.41 Å². The van der Waals surface area contributed by atoms with E-state index in [1.165, 1.54) is 109 Å². The summed E-state index contributed by atoms with van der Waals surface area (Å²) >= 11 is 0. The minimum atomic E-state index is -2.82. The van der Waals surface area contributed by atoms with Crippen molar-refractivity contribution in [3.05, 3.63) is 326 Å². The van der Waals surface area contributed by atoms with Gasteiger partial charge in [-0.15, -0.1) is 0 Å². The fourth-order valence-corrected chi connectivity index (χ4v) is 18.3. The largest absolute Gasteiger partial charge is 0.309 e. The van der Waals surface area contributed by atoms with Gasteiger partial charge in [-0.1, -0.05) is 261 Å². The third-order valence-corrected chi connectivity index (χ3v) is 21.3. The van der Waals surface area contributed by atoms with Crippen molar-refractivity contribution in [2.24, 2.45) is 0 Å². The molecule has 1 aliphatic rings. The molecular formula is C73H50N2Si. The molecule has 2 aromatic heterocycles. The Morgan fingerprint density at radius 2 is 0.684 bits per heavy atom. The van der Waals surface area contributed by atoms with Gasteiger partial charge >= 0.3 is 0 Å². The van der Waals surface area contributed by atoms with Crippen LogP contribution in [0.15, 0.2) is 303 Å². The third-order valence-electron chi connectivity index (χ3n) is 16.5. The van der Waals surface area contributed by atoms with Crippen molar-refractivity contribution in [2.45, 2.75) is 5.41 Å². The molecule has 0 spiro atoms. The minimum Gasteiger partial charge on any atom is -0.309 e. The Morgan fingerprint density at radius 1 is 0.263 bits per heavy atom. The molecule has 0 fully saturated rings. The van der Waals surface area contributed by atoms with E-state index >= 15 is 0 Å². The van der Waals surface area contributed by atoms with Crippen molar-refractivity contribution in [3.63, 3.8) is 0 Å². The number of fused-ring (bicyclic) bond motifs is 9. The lowest BCUT2D eigenvalue weighted by molar-refractivity contribution is 0.770. The van der Waals surface area contributed by atoms with Crippen LogP contribution in [-0.4, -0.2) is 17.2 Å². The van der Waals surface area contributed by atoms with Crippen LogP contribution in [0.1, 0.15) is 22.3 Å². The van der Waals surface area contributed by atoms with Gasteiger partial charge in [-0.2, -0.15) is 0 Å². The van der Waals surface area contributed by atoms with Crippen LogP contribution >= 0.6 is 0 Å². The van der Waals surface area contributed by atoms with Crippen molar-refractivity contribution in [3.8, 4) is 33.6 Å². The molecule has 3 heteroatoms. The zero-order valence-electron chi connectivity index (χ0n) is 41.8. The summed E-state index contributed by atoms with van der Waals surface area (Å²) in [6, 6.07) is 114. The second-order valence-corrected chi connectivity index (χ2v) is 24.1. The third kappa shape index (κ3) is 6.40. The van der Waals surface area contributed by atoms with E-state index in [4.69, 9.17) is 0 Å². The number of benzene rings is 12. The molecule has 356 valence electrons. The quantitative estimate of drug-likeness (QED) is 0.101. The van der Waals surface area contributed by atoms with E-state index in [2.05, 4.69) is 312 Å². The highest BCUT2D eigenvalue weighted by molar-refractivity contribution is 7.19. The molecule has 0 bridgehead atoms. The van der Waals surface area contributed by atoms with E-state index in [0.717, 1.165) is 11.4 Å². The van der Waals surface area contributed by atoms with E-state index in [0.29, 0.717) is 0 Å². The molecule has 15 rings (SSSR count). The van der Waals surface area contributed by atoms with Crippen LogP contribution in [0.3, 0.4) is 0 Å². The maximum absolute atomic E-state index is 2.82. The van der Waals surface area contributed by atoms with Crippen molar-refractivity contribution >= 4 is 72.4 Å². The van der Waals surface area contributed by atoms with Crippen LogP contribution in [0.4, 0.5) is 0 Å². The zero-order chi connectivity index (χ0) is 50.2. The molecule has 1 aliphatic carbocycles. The molecule has 0 atom stereocenters. The Hall–Kier alpha value is -9.54. The minimum absolute atomic E-state index is 0.534. The Labute approximate surface area is 443 Å². The second kappa shape index (κ2) is 17.6. The molecule has 2 nitrogen and oxygen atoms in total. The first kappa shape index (κ1) is 44.0. The van der Waals surface area contributed by atoms with Crippen LogP contribution in [0, 0.1) is 0 Å². The average molecular weight is 983 g/mol. The summed E-state index contributed by atoms with van der Waals surface area (Å²) in [4.78, 5) is 0. The molecule has 12 aromatic carbocycles. The molecule has 0 N–H and O–H groups in total. The number of hydrogen-bond acceptors (Lipinski definition) is 0. The SMILES string of the molecule is c1ccc(C2(c3ccccc3)c3ccccc3-c3cccc(-c4ccc5c6ccccc6n(-c6ccc7c8ccccc8n(-c8cccc([Si](c9ccccc9)(c9ccccc9)c9ccccc9)c8)c7c6)c5c4)c32)cc1. The highest BCUT2D eigenvalue weighted by Gasteiger charge is 2.47. The highest BCUT2D eigenvalue weighted by atomic mass is 28.3. The molecule has 14 aromatic rings. The van der Waals surface area contributed by atoms with E-state index < -0.39 is 13.5 Å². The van der Waals surface area contributed by atoms with Gasteiger partial charge in [0.1, 0.15) is 0 Å². The summed E-state index contributed by atoms with van der Waals surface area (Å²) in [6.45, 7) is 0. The summed E-state index contributed by atoms with van der Waals surface area (Å²) in [5, 5.41) is 10.3. The average Bonchev–Trinajstić information content (AvgIpc) is 4.21. The van der Waals surface area contributed by atoms with E-state index in [-0.39, 0.29) is 0 Å². The van der Waals surface area contributed by atoms with Crippen molar-refractivity contribution in [1.29, 1.82) is 0 Å². The number of nitrogens with zero attached hydrogens (tertiary/aromatic N) is 2. The zero-order valence-corrected chi connectivity index (χ0v) is 42.8. The summed E-state index contributed by atoms with van der Waals surface area (Å²) < 4.78 is 5.01. The summed E-state index contributed by atoms with van der Waals surface area (Å²) in [7, 11) is -2.82. The van der Waals surface area contributed by atoms with Crippen molar-refractivity contribution < 1.29 is 0 Å². The fraction of sp³-hybridized carbons (Fsp3) is 0.0137. The van der Waals surface area contributed by atoms with Crippen molar-refractivity contribution in [1.82, 2.24) is 9.13 Å². The normalized spacial score (nSPS) is 12.8.